The topological polar surface area (TPSA) is 67.4 Å². The number of carbonyl (C=O) groups excluding carboxylic acids is 2. The van der Waals surface area contributed by atoms with Gasteiger partial charge < -0.3 is 15.4 Å². The molecule has 0 heterocycles. The smallest absolute Gasteiger partial charge is 0.407 e. The van der Waals surface area contributed by atoms with Crippen molar-refractivity contribution in [1.29, 1.82) is 0 Å². The van der Waals surface area contributed by atoms with E-state index in [0.717, 1.165) is 24.7 Å². The number of ether oxygens (including phenoxy) is 1. The van der Waals surface area contributed by atoms with Crippen LogP contribution < -0.4 is 10.6 Å². The molecule has 0 radical (unpaired) electrons. The van der Waals surface area contributed by atoms with Gasteiger partial charge in [0, 0.05) is 19.0 Å². The zero-order valence-corrected chi connectivity index (χ0v) is 14.1. The summed E-state index contributed by atoms with van der Waals surface area (Å²) in [5.74, 6) is 1.75. The van der Waals surface area contributed by atoms with Crippen LogP contribution in [0.5, 0.6) is 0 Å². The summed E-state index contributed by atoms with van der Waals surface area (Å²) in [6.45, 7) is 5.77. The van der Waals surface area contributed by atoms with Crippen LogP contribution in [0.2, 0.25) is 0 Å². The van der Waals surface area contributed by atoms with Crippen LogP contribution in [0.25, 0.3) is 0 Å². The molecular formula is C17H30N2O3. The molecule has 0 unspecified atom stereocenters. The Kier molecular flexibility index (Phi) is 5.70. The van der Waals surface area contributed by atoms with Crippen LogP contribution in [-0.2, 0) is 9.53 Å². The van der Waals surface area contributed by atoms with Gasteiger partial charge in [-0.05, 0) is 51.9 Å². The van der Waals surface area contributed by atoms with Gasteiger partial charge >= 0.3 is 6.09 Å². The van der Waals surface area contributed by atoms with Crippen molar-refractivity contribution in [2.24, 2.45) is 11.8 Å². The van der Waals surface area contributed by atoms with E-state index in [1.165, 1.54) is 25.7 Å². The number of amides is 2. The van der Waals surface area contributed by atoms with Gasteiger partial charge in [0.2, 0.25) is 5.91 Å². The van der Waals surface area contributed by atoms with Crippen LogP contribution in [0, 0.1) is 11.8 Å². The number of hydrogen-bond donors (Lipinski definition) is 2. The van der Waals surface area contributed by atoms with Crippen LogP contribution in [0.15, 0.2) is 0 Å². The Labute approximate surface area is 133 Å². The first-order valence-corrected chi connectivity index (χ1v) is 8.60. The molecule has 0 bridgehead atoms. The quantitative estimate of drug-likeness (QED) is 0.839. The number of carbonyl (C=O) groups is 2. The van der Waals surface area contributed by atoms with Crippen molar-refractivity contribution in [2.45, 2.75) is 77.4 Å². The monoisotopic (exact) mass is 310 g/mol. The summed E-state index contributed by atoms with van der Waals surface area (Å²) >= 11 is 0. The van der Waals surface area contributed by atoms with Crippen LogP contribution in [0.3, 0.4) is 0 Å². The molecule has 2 aliphatic carbocycles. The molecule has 22 heavy (non-hydrogen) atoms. The van der Waals surface area contributed by atoms with E-state index in [0.29, 0.717) is 19.0 Å². The van der Waals surface area contributed by atoms with E-state index in [9.17, 15) is 9.59 Å². The second-order valence-corrected chi connectivity index (χ2v) is 7.71. The zero-order chi connectivity index (χ0) is 16.2. The first-order valence-electron chi connectivity index (χ1n) is 8.60. The normalized spacial score (nSPS) is 27.9. The Morgan fingerprint density at radius 2 is 1.82 bits per heavy atom. The van der Waals surface area contributed by atoms with E-state index in [4.69, 9.17) is 4.74 Å². The van der Waals surface area contributed by atoms with E-state index in [2.05, 4.69) is 10.6 Å². The average Bonchev–Trinajstić information content (AvgIpc) is 2.83. The van der Waals surface area contributed by atoms with E-state index < -0.39 is 11.7 Å². The zero-order valence-electron chi connectivity index (χ0n) is 14.1. The highest BCUT2D eigenvalue weighted by molar-refractivity contribution is 5.77. The minimum absolute atomic E-state index is 0.0255. The van der Waals surface area contributed by atoms with E-state index >= 15 is 0 Å². The lowest BCUT2D eigenvalue weighted by atomic mass is 9.79. The van der Waals surface area contributed by atoms with Crippen molar-refractivity contribution in [3.63, 3.8) is 0 Å². The number of nitrogens with one attached hydrogen (secondary N) is 2. The highest BCUT2D eigenvalue weighted by atomic mass is 16.6. The van der Waals surface area contributed by atoms with Gasteiger partial charge in [-0.1, -0.05) is 19.3 Å². The summed E-state index contributed by atoms with van der Waals surface area (Å²) < 4.78 is 5.14. The molecule has 0 aromatic rings. The molecule has 2 rings (SSSR count). The SMILES string of the molecule is CC(C)(C)OC(=O)NCCC(=O)N[C@@H]1CC[C@H]2CCC[C@@H]2C1. The Balaban J connectivity index is 1.61. The van der Waals surface area contributed by atoms with Gasteiger partial charge in [0.25, 0.3) is 0 Å². The Bertz CT molecular complexity index is 403. The van der Waals surface area contributed by atoms with Crippen LogP contribution in [0.1, 0.15) is 65.7 Å². The molecule has 0 aliphatic heterocycles. The molecule has 5 nitrogen and oxygen atoms in total. The fraction of sp³-hybridized carbons (Fsp3) is 0.882. The van der Waals surface area contributed by atoms with E-state index in [1.807, 2.05) is 20.8 Å². The first-order chi connectivity index (χ1) is 10.3. The number of alkyl carbamates (subject to hydrolysis) is 1. The third kappa shape index (κ3) is 5.50. The number of hydrogen-bond acceptors (Lipinski definition) is 3. The molecule has 2 amide bonds. The summed E-state index contributed by atoms with van der Waals surface area (Å²) in [6.07, 6.45) is 7.41. The summed E-state index contributed by atoms with van der Waals surface area (Å²) in [7, 11) is 0. The molecule has 3 atom stereocenters. The van der Waals surface area contributed by atoms with Gasteiger partial charge in [0.15, 0.2) is 0 Å². The highest BCUT2D eigenvalue weighted by Gasteiger charge is 2.34. The standard InChI is InChI=1S/C17H30N2O3/c1-17(2,3)22-16(21)18-10-9-15(20)19-14-8-7-12-5-4-6-13(12)11-14/h12-14H,4-11H2,1-3H3,(H,18,21)(H,19,20)/t12-,13-,14-/m1/s1. The van der Waals surface area contributed by atoms with Crippen molar-refractivity contribution in [3.8, 4) is 0 Å². The highest BCUT2D eigenvalue weighted by Crippen LogP contribution is 2.41. The molecule has 2 aliphatic rings. The Morgan fingerprint density at radius 3 is 2.55 bits per heavy atom. The molecule has 0 saturated heterocycles. The summed E-state index contributed by atoms with van der Waals surface area (Å²) in [5, 5.41) is 5.74. The minimum atomic E-state index is -0.508. The van der Waals surface area contributed by atoms with Crippen molar-refractivity contribution >= 4 is 12.0 Å². The molecule has 0 aromatic heterocycles. The van der Waals surface area contributed by atoms with Gasteiger partial charge in [-0.3, -0.25) is 4.79 Å². The third-order valence-corrected chi connectivity index (χ3v) is 4.68. The van der Waals surface area contributed by atoms with Gasteiger partial charge in [-0.25, -0.2) is 4.79 Å². The number of fused-ring (bicyclic) bond motifs is 1. The predicted octanol–water partition coefficient (Wildman–Crippen LogP) is 2.99. The molecule has 5 heteroatoms. The lowest BCUT2D eigenvalue weighted by molar-refractivity contribution is -0.122. The molecule has 0 spiro atoms. The van der Waals surface area contributed by atoms with E-state index in [-0.39, 0.29) is 5.91 Å². The fourth-order valence-corrected chi connectivity index (χ4v) is 3.73. The van der Waals surface area contributed by atoms with Crippen molar-refractivity contribution in [1.82, 2.24) is 10.6 Å². The third-order valence-electron chi connectivity index (χ3n) is 4.68. The average molecular weight is 310 g/mol. The Hall–Kier alpha value is -1.26. The van der Waals surface area contributed by atoms with Crippen LogP contribution in [-0.4, -0.2) is 30.2 Å². The Morgan fingerprint density at radius 1 is 1.09 bits per heavy atom. The van der Waals surface area contributed by atoms with Gasteiger partial charge in [0.05, 0.1) is 0 Å². The molecule has 0 aromatic carbocycles. The second kappa shape index (κ2) is 7.34. The van der Waals surface area contributed by atoms with Crippen molar-refractivity contribution in [2.75, 3.05) is 6.54 Å². The van der Waals surface area contributed by atoms with E-state index in [1.54, 1.807) is 0 Å². The summed E-state index contributed by atoms with van der Waals surface area (Å²) in [4.78, 5) is 23.5. The molecule has 2 saturated carbocycles. The van der Waals surface area contributed by atoms with Crippen molar-refractivity contribution in [3.05, 3.63) is 0 Å². The lowest BCUT2D eigenvalue weighted by Crippen LogP contribution is -2.41. The minimum Gasteiger partial charge on any atom is -0.444 e. The maximum Gasteiger partial charge on any atom is 0.407 e. The molecule has 126 valence electrons. The molecule has 2 N–H and O–H groups in total. The maximum atomic E-state index is 12.0. The molecule has 2 fully saturated rings. The van der Waals surface area contributed by atoms with Gasteiger partial charge in [-0.2, -0.15) is 0 Å². The number of rotatable bonds is 4. The van der Waals surface area contributed by atoms with Crippen molar-refractivity contribution < 1.29 is 14.3 Å². The fourth-order valence-electron chi connectivity index (χ4n) is 3.73. The lowest BCUT2D eigenvalue weighted by Gasteiger charge is -2.32. The predicted molar refractivity (Wildman–Crippen MR) is 85.5 cm³/mol. The second-order valence-electron chi connectivity index (χ2n) is 7.71. The maximum absolute atomic E-state index is 12.0. The first kappa shape index (κ1) is 17.1. The van der Waals surface area contributed by atoms with Crippen LogP contribution >= 0.6 is 0 Å². The summed E-state index contributed by atoms with van der Waals surface area (Å²) in [6, 6.07) is 0.327. The summed E-state index contributed by atoms with van der Waals surface area (Å²) in [5.41, 5.74) is -0.508. The van der Waals surface area contributed by atoms with Gasteiger partial charge in [-0.15, -0.1) is 0 Å². The largest absolute Gasteiger partial charge is 0.444 e. The molecular weight excluding hydrogens is 280 g/mol. The van der Waals surface area contributed by atoms with Gasteiger partial charge in [0.1, 0.15) is 5.60 Å². The van der Waals surface area contributed by atoms with Crippen LogP contribution in [0.4, 0.5) is 4.79 Å².